The van der Waals surface area contributed by atoms with Gasteiger partial charge in [0.2, 0.25) is 0 Å². The minimum absolute atomic E-state index is 0.933. The highest BCUT2D eigenvalue weighted by molar-refractivity contribution is 6.53. The summed E-state index contributed by atoms with van der Waals surface area (Å²) in [6.07, 6.45) is 16.1. The van der Waals surface area contributed by atoms with Crippen LogP contribution < -0.4 is 5.19 Å². The topological polar surface area (TPSA) is 0 Å². The number of allylic oxidation sites excluding steroid dienone is 2. The van der Waals surface area contributed by atoms with E-state index < -0.39 is 0 Å². The van der Waals surface area contributed by atoms with Crippen LogP contribution >= 0.6 is 0 Å². The van der Waals surface area contributed by atoms with Crippen molar-refractivity contribution < 1.29 is 0 Å². The van der Waals surface area contributed by atoms with E-state index in [4.69, 9.17) is 0 Å². The molecule has 3 aliphatic carbocycles. The number of hydrogen-bond acceptors (Lipinski definition) is 0. The van der Waals surface area contributed by atoms with Crippen LogP contribution in [0.4, 0.5) is 0 Å². The van der Waals surface area contributed by atoms with E-state index in [1.165, 1.54) is 63.8 Å². The highest BCUT2D eigenvalue weighted by Crippen LogP contribution is 2.51. The molecule has 1 heteroatoms. The summed E-state index contributed by atoms with van der Waals surface area (Å²) in [6, 6.07) is 12.6. The predicted molar refractivity (Wildman–Crippen MR) is 100 cm³/mol. The van der Waals surface area contributed by atoms with Crippen LogP contribution in [0.5, 0.6) is 0 Å². The standard InChI is InChI=1S/C22H30Si/c1-3-7-17(8-4-1)13-19-11-12-20-14-18(15-22(19)20)16-23-21-9-5-2-6-10-21/h2,5-6,9-10,13,17-18,20,22H,1,3-4,7-8,11-12,14-16H2/b19-13+/t18?,20-,22+/m0/s1. The van der Waals surface area contributed by atoms with Crippen LogP contribution in [0.25, 0.3) is 0 Å². The molecule has 0 aromatic heterocycles. The summed E-state index contributed by atoms with van der Waals surface area (Å²) in [5.74, 6) is 3.94. The Labute approximate surface area is 144 Å². The van der Waals surface area contributed by atoms with Gasteiger partial charge < -0.3 is 0 Å². The van der Waals surface area contributed by atoms with E-state index in [2.05, 4.69) is 36.4 Å². The Bertz CT molecular complexity index is 526. The van der Waals surface area contributed by atoms with Gasteiger partial charge in [0.05, 0.1) is 9.52 Å². The van der Waals surface area contributed by atoms with Gasteiger partial charge in [-0.1, -0.05) is 72.5 Å². The minimum Gasteiger partial charge on any atom is -0.0819 e. The Hall–Kier alpha value is -0.823. The first kappa shape index (κ1) is 15.7. The van der Waals surface area contributed by atoms with Gasteiger partial charge in [0.15, 0.2) is 0 Å². The summed E-state index contributed by atoms with van der Waals surface area (Å²) in [7, 11) is 1.02. The van der Waals surface area contributed by atoms with Gasteiger partial charge in [0.25, 0.3) is 0 Å². The lowest BCUT2D eigenvalue weighted by Crippen LogP contribution is -2.16. The summed E-state index contributed by atoms with van der Waals surface area (Å²) in [6.45, 7) is 0. The number of rotatable bonds is 4. The lowest BCUT2D eigenvalue weighted by molar-refractivity contribution is 0.413. The molecule has 3 aliphatic rings. The Morgan fingerprint density at radius 3 is 2.61 bits per heavy atom. The third kappa shape index (κ3) is 3.82. The van der Waals surface area contributed by atoms with Gasteiger partial charge in [0, 0.05) is 0 Å². The van der Waals surface area contributed by atoms with Crippen molar-refractivity contribution in [3.05, 3.63) is 42.0 Å². The maximum atomic E-state index is 2.76. The highest BCUT2D eigenvalue weighted by Gasteiger charge is 2.40. The van der Waals surface area contributed by atoms with Gasteiger partial charge in [-0.05, 0) is 62.2 Å². The monoisotopic (exact) mass is 322 g/mol. The molecule has 1 aromatic carbocycles. The quantitative estimate of drug-likeness (QED) is 0.516. The molecular weight excluding hydrogens is 292 g/mol. The molecule has 0 aliphatic heterocycles. The van der Waals surface area contributed by atoms with Crippen molar-refractivity contribution in [1.82, 2.24) is 0 Å². The molecule has 23 heavy (non-hydrogen) atoms. The van der Waals surface area contributed by atoms with Crippen LogP contribution in [0, 0.1) is 23.7 Å². The van der Waals surface area contributed by atoms with Gasteiger partial charge in [0.1, 0.15) is 0 Å². The first-order valence-corrected chi connectivity index (χ1v) is 11.1. The third-order valence-electron chi connectivity index (χ3n) is 6.54. The average Bonchev–Trinajstić information content (AvgIpc) is 3.17. The van der Waals surface area contributed by atoms with Gasteiger partial charge in [-0.15, -0.1) is 0 Å². The molecule has 0 N–H and O–H groups in total. The van der Waals surface area contributed by atoms with Crippen molar-refractivity contribution in [2.45, 2.75) is 63.8 Å². The van der Waals surface area contributed by atoms with Crippen molar-refractivity contribution in [2.24, 2.45) is 23.7 Å². The SMILES string of the molecule is C(=C1/CC[C@H]2CC(C[Si]c3ccccc3)C[C@H]12)/C1CCCCC1. The van der Waals surface area contributed by atoms with E-state index in [1.54, 1.807) is 5.19 Å². The van der Waals surface area contributed by atoms with Crippen molar-refractivity contribution in [1.29, 1.82) is 0 Å². The van der Waals surface area contributed by atoms with Crippen LogP contribution in [0.15, 0.2) is 42.0 Å². The maximum Gasteiger partial charge on any atom is 0.0810 e. The lowest BCUT2D eigenvalue weighted by atomic mass is 9.85. The van der Waals surface area contributed by atoms with Gasteiger partial charge in [-0.2, -0.15) is 0 Å². The second-order valence-corrected chi connectivity index (χ2v) is 9.47. The molecule has 0 bridgehead atoms. The number of hydrogen-bond donors (Lipinski definition) is 0. The predicted octanol–water partition coefficient (Wildman–Crippen LogP) is 5.38. The van der Waals surface area contributed by atoms with Gasteiger partial charge in [-0.25, -0.2) is 0 Å². The van der Waals surface area contributed by atoms with Crippen LogP contribution in [0.1, 0.15) is 57.8 Å². The molecule has 3 fully saturated rings. The van der Waals surface area contributed by atoms with Gasteiger partial charge >= 0.3 is 0 Å². The highest BCUT2D eigenvalue weighted by atomic mass is 28.2. The van der Waals surface area contributed by atoms with Crippen LogP contribution in [0.2, 0.25) is 6.04 Å². The largest absolute Gasteiger partial charge is 0.0819 e. The Morgan fingerprint density at radius 1 is 0.957 bits per heavy atom. The molecule has 0 heterocycles. The van der Waals surface area contributed by atoms with Crippen molar-refractivity contribution in [3.8, 4) is 0 Å². The Balaban J connectivity index is 1.33. The molecule has 4 rings (SSSR count). The fourth-order valence-corrected chi connectivity index (χ4v) is 6.63. The molecule has 0 saturated heterocycles. The maximum absolute atomic E-state index is 2.76. The second kappa shape index (κ2) is 7.38. The molecule has 3 atom stereocenters. The summed E-state index contributed by atoms with van der Waals surface area (Å²) < 4.78 is 0. The first-order valence-electron chi connectivity index (χ1n) is 9.88. The third-order valence-corrected chi connectivity index (χ3v) is 8.06. The minimum atomic E-state index is 0.933. The van der Waals surface area contributed by atoms with Crippen LogP contribution in [-0.4, -0.2) is 9.52 Å². The van der Waals surface area contributed by atoms with E-state index in [0.29, 0.717) is 0 Å². The molecule has 2 radical (unpaired) electrons. The zero-order valence-electron chi connectivity index (χ0n) is 14.3. The summed E-state index contributed by atoms with van der Waals surface area (Å²) in [5.41, 5.74) is 1.88. The van der Waals surface area contributed by atoms with Crippen LogP contribution in [0.3, 0.4) is 0 Å². The fraction of sp³-hybridized carbons (Fsp3) is 0.636. The summed E-state index contributed by atoms with van der Waals surface area (Å²) >= 11 is 0. The molecular formula is C22H30Si. The smallest absolute Gasteiger partial charge is 0.0810 e. The normalized spacial score (nSPS) is 33.2. The van der Waals surface area contributed by atoms with E-state index in [9.17, 15) is 0 Å². The molecule has 3 saturated carbocycles. The second-order valence-electron chi connectivity index (χ2n) is 8.13. The summed E-state index contributed by atoms with van der Waals surface area (Å²) in [5, 5.41) is 1.56. The van der Waals surface area contributed by atoms with Crippen molar-refractivity contribution in [2.75, 3.05) is 0 Å². The number of benzene rings is 1. The van der Waals surface area contributed by atoms with E-state index in [-0.39, 0.29) is 0 Å². The molecule has 0 amide bonds. The molecule has 0 spiro atoms. The lowest BCUT2D eigenvalue weighted by Gasteiger charge is -2.21. The first-order chi connectivity index (χ1) is 11.4. The number of fused-ring (bicyclic) bond motifs is 1. The Morgan fingerprint density at radius 2 is 1.78 bits per heavy atom. The average molecular weight is 323 g/mol. The van der Waals surface area contributed by atoms with E-state index >= 15 is 0 Å². The van der Waals surface area contributed by atoms with E-state index in [0.717, 1.165) is 33.2 Å². The molecule has 1 aromatic rings. The molecule has 0 nitrogen and oxygen atoms in total. The van der Waals surface area contributed by atoms with Gasteiger partial charge in [-0.3, -0.25) is 0 Å². The van der Waals surface area contributed by atoms with Crippen LogP contribution in [-0.2, 0) is 0 Å². The molecule has 1 unspecified atom stereocenters. The zero-order valence-corrected chi connectivity index (χ0v) is 15.3. The van der Waals surface area contributed by atoms with E-state index in [1.807, 2.05) is 5.57 Å². The Kier molecular flexibility index (Phi) is 5.03. The molecule has 122 valence electrons. The summed E-state index contributed by atoms with van der Waals surface area (Å²) in [4.78, 5) is 0. The fourth-order valence-electron chi connectivity index (χ4n) is 5.35. The van der Waals surface area contributed by atoms with Crippen molar-refractivity contribution >= 4 is 14.7 Å². The van der Waals surface area contributed by atoms with Crippen molar-refractivity contribution in [3.63, 3.8) is 0 Å². The zero-order chi connectivity index (χ0) is 15.5.